The van der Waals surface area contributed by atoms with E-state index in [9.17, 15) is 14.4 Å². The van der Waals surface area contributed by atoms with Gasteiger partial charge in [-0.15, -0.1) is 0 Å². The zero-order valence-corrected chi connectivity index (χ0v) is 16.8. The maximum absolute atomic E-state index is 12.5. The van der Waals surface area contributed by atoms with Crippen LogP contribution in [0.25, 0.3) is 0 Å². The summed E-state index contributed by atoms with van der Waals surface area (Å²) in [5.74, 6) is -1.32. The highest BCUT2D eigenvalue weighted by molar-refractivity contribution is 6.04. The van der Waals surface area contributed by atoms with Crippen molar-refractivity contribution in [3.8, 4) is 5.75 Å². The maximum Gasteiger partial charge on any atom is 0.355 e. The molecule has 0 aliphatic carbocycles. The molecule has 0 saturated carbocycles. The summed E-state index contributed by atoms with van der Waals surface area (Å²) in [4.78, 5) is 37.6. The standard InChI is InChI=1S/C19H24N2O8/c1-12(22)20-13-5-6-16(29-8-7-25-2)15(9-13)21-11-28-10-14(18(23)26-3)17(21)19(24)27-4/h5-6,9H,7-8,10-11H2,1-4H3,(H,20,22). The molecule has 0 spiro atoms. The average Bonchev–Trinajstić information content (AvgIpc) is 2.72. The molecule has 0 fully saturated rings. The van der Waals surface area contributed by atoms with E-state index in [0.29, 0.717) is 23.7 Å². The van der Waals surface area contributed by atoms with Crippen LogP contribution in [-0.4, -0.2) is 65.7 Å². The number of nitrogens with zero attached hydrogens (tertiary/aromatic N) is 1. The third-order valence-electron chi connectivity index (χ3n) is 3.95. The minimum absolute atomic E-state index is 0.0124. The summed E-state index contributed by atoms with van der Waals surface area (Å²) in [7, 11) is 3.96. The predicted octanol–water partition coefficient (Wildman–Crippen LogP) is 1.06. The van der Waals surface area contributed by atoms with Crippen molar-refractivity contribution >= 4 is 29.2 Å². The Bertz CT molecular complexity index is 805. The van der Waals surface area contributed by atoms with Gasteiger partial charge in [0.05, 0.1) is 38.7 Å². The van der Waals surface area contributed by atoms with Crippen molar-refractivity contribution < 1.29 is 38.1 Å². The van der Waals surface area contributed by atoms with Gasteiger partial charge in [0.15, 0.2) is 0 Å². The topological polar surface area (TPSA) is 113 Å². The number of hydrogen-bond donors (Lipinski definition) is 1. The summed E-state index contributed by atoms with van der Waals surface area (Å²) in [6.45, 7) is 1.81. The average molecular weight is 408 g/mol. The molecule has 1 N–H and O–H groups in total. The van der Waals surface area contributed by atoms with Crippen molar-refractivity contribution in [3.05, 3.63) is 29.5 Å². The van der Waals surface area contributed by atoms with Gasteiger partial charge in [0.2, 0.25) is 5.91 Å². The third kappa shape index (κ3) is 5.46. The molecular weight excluding hydrogens is 384 g/mol. The molecule has 0 aromatic heterocycles. The van der Waals surface area contributed by atoms with Crippen molar-refractivity contribution in [1.82, 2.24) is 0 Å². The van der Waals surface area contributed by atoms with E-state index >= 15 is 0 Å². The number of carbonyl (C=O) groups is 3. The summed E-state index contributed by atoms with van der Waals surface area (Å²) < 4.78 is 25.9. The molecule has 0 atom stereocenters. The molecule has 1 amide bonds. The van der Waals surface area contributed by atoms with Gasteiger partial charge in [0.25, 0.3) is 0 Å². The number of benzene rings is 1. The molecule has 10 nitrogen and oxygen atoms in total. The summed E-state index contributed by atoms with van der Waals surface area (Å²) in [5.41, 5.74) is 0.857. The van der Waals surface area contributed by atoms with Crippen LogP contribution in [0.5, 0.6) is 5.75 Å². The highest BCUT2D eigenvalue weighted by Gasteiger charge is 2.33. The Hall–Kier alpha value is -3.11. The van der Waals surface area contributed by atoms with E-state index in [-0.39, 0.29) is 37.1 Å². The maximum atomic E-state index is 12.5. The van der Waals surface area contributed by atoms with Crippen LogP contribution in [-0.2, 0) is 33.3 Å². The van der Waals surface area contributed by atoms with Gasteiger partial charge in [-0.05, 0) is 18.2 Å². The number of carbonyl (C=O) groups excluding carboxylic acids is 3. The molecule has 10 heteroatoms. The molecule has 1 aliphatic heterocycles. The van der Waals surface area contributed by atoms with Gasteiger partial charge in [-0.25, -0.2) is 9.59 Å². The minimum atomic E-state index is -0.735. The van der Waals surface area contributed by atoms with E-state index in [1.165, 1.54) is 26.0 Å². The first-order valence-corrected chi connectivity index (χ1v) is 8.71. The van der Waals surface area contributed by atoms with Crippen molar-refractivity contribution in [2.24, 2.45) is 0 Å². The summed E-state index contributed by atoms with van der Waals surface area (Å²) >= 11 is 0. The summed E-state index contributed by atoms with van der Waals surface area (Å²) in [6, 6.07) is 4.90. The second kappa shape index (κ2) is 10.4. The zero-order chi connectivity index (χ0) is 21.4. The number of amides is 1. The zero-order valence-electron chi connectivity index (χ0n) is 16.8. The van der Waals surface area contributed by atoms with Crippen molar-refractivity contribution in [1.29, 1.82) is 0 Å². The Morgan fingerprint density at radius 3 is 2.45 bits per heavy atom. The second-order valence-corrected chi connectivity index (χ2v) is 5.92. The van der Waals surface area contributed by atoms with Crippen molar-refractivity contribution in [2.75, 3.05) is 58.1 Å². The van der Waals surface area contributed by atoms with Gasteiger partial charge >= 0.3 is 11.9 Å². The van der Waals surface area contributed by atoms with Crippen LogP contribution in [0.4, 0.5) is 11.4 Å². The van der Waals surface area contributed by atoms with Crippen LogP contribution in [0.1, 0.15) is 6.92 Å². The molecule has 1 aromatic carbocycles. The van der Waals surface area contributed by atoms with Crippen molar-refractivity contribution in [2.45, 2.75) is 6.92 Å². The Balaban J connectivity index is 2.58. The SMILES string of the molecule is COCCOc1ccc(NC(C)=O)cc1N1COCC(C(=O)OC)=C1C(=O)OC. The molecule has 158 valence electrons. The molecule has 29 heavy (non-hydrogen) atoms. The first kappa shape index (κ1) is 22.2. The molecule has 0 unspecified atom stereocenters. The molecule has 1 heterocycles. The lowest BCUT2D eigenvalue weighted by molar-refractivity contribution is -0.140. The van der Waals surface area contributed by atoms with Gasteiger partial charge in [-0.2, -0.15) is 0 Å². The fraction of sp³-hybridized carbons (Fsp3) is 0.421. The van der Waals surface area contributed by atoms with Crippen LogP contribution in [0.2, 0.25) is 0 Å². The van der Waals surface area contributed by atoms with Gasteiger partial charge < -0.3 is 33.9 Å². The number of anilines is 2. The summed E-state index contributed by atoms with van der Waals surface area (Å²) in [6.07, 6.45) is 0. The van der Waals surface area contributed by atoms with Crippen LogP contribution in [0.3, 0.4) is 0 Å². The third-order valence-corrected chi connectivity index (χ3v) is 3.95. The minimum Gasteiger partial charge on any atom is -0.489 e. The fourth-order valence-corrected chi connectivity index (χ4v) is 2.70. The first-order valence-electron chi connectivity index (χ1n) is 8.71. The van der Waals surface area contributed by atoms with Crippen molar-refractivity contribution in [3.63, 3.8) is 0 Å². The lowest BCUT2D eigenvalue weighted by atomic mass is 10.1. The van der Waals surface area contributed by atoms with Crippen LogP contribution >= 0.6 is 0 Å². The fourth-order valence-electron chi connectivity index (χ4n) is 2.70. The van der Waals surface area contributed by atoms with E-state index in [1.807, 2.05) is 0 Å². The van der Waals surface area contributed by atoms with Crippen LogP contribution in [0, 0.1) is 0 Å². The largest absolute Gasteiger partial charge is 0.489 e. The van der Waals surface area contributed by atoms with E-state index in [4.69, 9.17) is 23.7 Å². The molecule has 0 bridgehead atoms. The monoisotopic (exact) mass is 408 g/mol. The molecular formula is C19H24N2O8. The Labute approximate surface area is 168 Å². The summed E-state index contributed by atoms with van der Waals surface area (Å²) in [5, 5.41) is 2.67. The number of hydrogen-bond acceptors (Lipinski definition) is 9. The highest BCUT2D eigenvalue weighted by Crippen LogP contribution is 2.36. The van der Waals surface area contributed by atoms with Gasteiger partial charge in [0.1, 0.15) is 24.8 Å². The molecule has 1 aliphatic rings. The Morgan fingerprint density at radius 1 is 1.10 bits per heavy atom. The Morgan fingerprint density at radius 2 is 1.83 bits per heavy atom. The molecule has 2 rings (SSSR count). The predicted molar refractivity (Wildman–Crippen MR) is 102 cm³/mol. The molecule has 0 saturated heterocycles. The first-order chi connectivity index (χ1) is 13.9. The Kier molecular flexibility index (Phi) is 7.98. The lowest BCUT2D eigenvalue weighted by Crippen LogP contribution is -2.39. The lowest BCUT2D eigenvalue weighted by Gasteiger charge is -2.32. The van der Waals surface area contributed by atoms with Gasteiger partial charge in [-0.1, -0.05) is 0 Å². The van der Waals surface area contributed by atoms with E-state index in [2.05, 4.69) is 5.32 Å². The molecule has 1 aromatic rings. The normalized spacial score (nSPS) is 13.7. The molecule has 0 radical (unpaired) electrons. The smallest absolute Gasteiger partial charge is 0.355 e. The number of ether oxygens (including phenoxy) is 5. The second-order valence-electron chi connectivity index (χ2n) is 5.92. The van der Waals surface area contributed by atoms with E-state index in [0.717, 1.165) is 0 Å². The number of esters is 2. The van der Waals surface area contributed by atoms with Crippen LogP contribution in [0.15, 0.2) is 29.5 Å². The van der Waals surface area contributed by atoms with Crippen LogP contribution < -0.4 is 15.0 Å². The number of nitrogens with one attached hydrogen (secondary N) is 1. The quantitative estimate of drug-likeness (QED) is 0.498. The number of rotatable bonds is 8. The van der Waals surface area contributed by atoms with E-state index in [1.54, 1.807) is 25.3 Å². The van der Waals surface area contributed by atoms with Gasteiger partial charge in [-0.3, -0.25) is 4.79 Å². The van der Waals surface area contributed by atoms with Gasteiger partial charge in [0, 0.05) is 19.7 Å². The van der Waals surface area contributed by atoms with E-state index < -0.39 is 11.9 Å². The number of methoxy groups -OCH3 is 3. The highest BCUT2D eigenvalue weighted by atomic mass is 16.5.